The van der Waals surface area contributed by atoms with Crippen molar-refractivity contribution in [2.75, 3.05) is 45.8 Å². The third-order valence-electron chi connectivity index (χ3n) is 2.31. The number of nitrogens with zero attached hydrogens (tertiary/aromatic N) is 2. The minimum absolute atomic E-state index is 0.316. The number of rotatable bonds is 8. The quantitative estimate of drug-likeness (QED) is 0.787. The van der Waals surface area contributed by atoms with Crippen molar-refractivity contribution in [2.45, 2.75) is 6.18 Å². The predicted octanol–water partition coefficient (Wildman–Crippen LogP) is 1.54. The number of alkyl halides is 3. The van der Waals surface area contributed by atoms with Crippen molar-refractivity contribution >= 4 is 11.6 Å². The highest BCUT2D eigenvalue weighted by Crippen LogP contribution is 2.15. The van der Waals surface area contributed by atoms with Gasteiger partial charge in [0.1, 0.15) is 19.8 Å². The molecule has 1 aromatic rings. The fourth-order valence-corrected chi connectivity index (χ4v) is 1.36. The summed E-state index contributed by atoms with van der Waals surface area (Å²) in [6.07, 6.45) is -3.03. The van der Waals surface area contributed by atoms with Crippen LogP contribution in [0.15, 0.2) is 18.3 Å². The number of hydrogen-bond acceptors (Lipinski definition) is 5. The summed E-state index contributed by atoms with van der Waals surface area (Å²) in [5.74, 6) is -0.370. The number of ether oxygens (including phenoxy) is 2. The maximum absolute atomic E-state index is 11.9. The SMILES string of the molecule is CN(C)CCOc1cc(NC(=O)COCC(F)(F)F)ccn1. The largest absolute Gasteiger partial charge is 0.476 e. The second-order valence-electron chi connectivity index (χ2n) is 4.69. The number of amides is 1. The highest BCUT2D eigenvalue weighted by molar-refractivity contribution is 5.91. The fourth-order valence-electron chi connectivity index (χ4n) is 1.36. The van der Waals surface area contributed by atoms with E-state index in [0.717, 1.165) is 0 Å². The van der Waals surface area contributed by atoms with Gasteiger partial charge in [-0.1, -0.05) is 0 Å². The molecule has 9 heteroatoms. The molecule has 0 saturated heterocycles. The van der Waals surface area contributed by atoms with Gasteiger partial charge in [-0.2, -0.15) is 13.2 Å². The Balaban J connectivity index is 2.40. The lowest BCUT2D eigenvalue weighted by Crippen LogP contribution is -2.24. The van der Waals surface area contributed by atoms with Gasteiger partial charge in [0.25, 0.3) is 0 Å². The van der Waals surface area contributed by atoms with Crippen molar-refractivity contribution in [3.05, 3.63) is 18.3 Å². The minimum Gasteiger partial charge on any atom is -0.476 e. The number of halogens is 3. The van der Waals surface area contributed by atoms with Gasteiger partial charge in [0.2, 0.25) is 11.8 Å². The van der Waals surface area contributed by atoms with Crippen molar-refractivity contribution in [1.29, 1.82) is 0 Å². The fraction of sp³-hybridized carbons (Fsp3) is 0.538. The second kappa shape index (κ2) is 8.54. The maximum atomic E-state index is 11.9. The van der Waals surface area contributed by atoms with Crippen molar-refractivity contribution in [2.24, 2.45) is 0 Å². The van der Waals surface area contributed by atoms with Crippen molar-refractivity contribution in [1.82, 2.24) is 9.88 Å². The average Bonchev–Trinajstić information content (AvgIpc) is 2.37. The zero-order valence-electron chi connectivity index (χ0n) is 12.3. The third kappa shape index (κ3) is 8.42. The van der Waals surface area contributed by atoms with Crippen molar-refractivity contribution in [3.63, 3.8) is 0 Å². The van der Waals surface area contributed by atoms with Crippen LogP contribution in [-0.4, -0.2) is 62.4 Å². The van der Waals surface area contributed by atoms with E-state index in [0.29, 0.717) is 24.7 Å². The first-order chi connectivity index (χ1) is 10.3. The molecule has 1 heterocycles. The molecule has 6 nitrogen and oxygen atoms in total. The van der Waals surface area contributed by atoms with E-state index < -0.39 is 25.3 Å². The number of likely N-dealkylation sites (N-methyl/N-ethyl adjacent to an activating group) is 1. The zero-order chi connectivity index (χ0) is 16.6. The van der Waals surface area contributed by atoms with Gasteiger partial charge in [0, 0.05) is 24.5 Å². The van der Waals surface area contributed by atoms with Gasteiger partial charge in [-0.25, -0.2) is 4.98 Å². The van der Waals surface area contributed by atoms with Crippen LogP contribution in [0.3, 0.4) is 0 Å². The molecule has 22 heavy (non-hydrogen) atoms. The van der Waals surface area contributed by atoms with Crippen LogP contribution >= 0.6 is 0 Å². The van der Waals surface area contributed by atoms with E-state index in [-0.39, 0.29) is 0 Å². The van der Waals surface area contributed by atoms with Crippen LogP contribution in [0.5, 0.6) is 5.88 Å². The summed E-state index contributed by atoms with van der Waals surface area (Å²) >= 11 is 0. The third-order valence-corrected chi connectivity index (χ3v) is 2.31. The van der Waals surface area contributed by atoms with Gasteiger partial charge < -0.3 is 19.7 Å². The molecular weight excluding hydrogens is 303 g/mol. The first kappa shape index (κ1) is 18.2. The first-order valence-electron chi connectivity index (χ1n) is 6.44. The molecule has 1 N–H and O–H groups in total. The Kier molecular flexibility index (Phi) is 7.06. The number of anilines is 1. The summed E-state index contributed by atoms with van der Waals surface area (Å²) in [5.41, 5.74) is 0.371. The van der Waals surface area contributed by atoms with Crippen LogP contribution in [0.25, 0.3) is 0 Å². The van der Waals surface area contributed by atoms with Gasteiger partial charge in [-0.15, -0.1) is 0 Å². The van der Waals surface area contributed by atoms with Gasteiger partial charge in [0.15, 0.2) is 0 Å². The number of hydrogen-bond donors (Lipinski definition) is 1. The van der Waals surface area contributed by atoms with E-state index in [1.54, 1.807) is 0 Å². The normalized spacial score (nSPS) is 11.5. The molecule has 0 fully saturated rings. The zero-order valence-corrected chi connectivity index (χ0v) is 12.3. The summed E-state index contributed by atoms with van der Waals surface area (Å²) in [5, 5.41) is 2.41. The highest BCUT2D eigenvalue weighted by Gasteiger charge is 2.27. The van der Waals surface area contributed by atoms with Gasteiger partial charge in [-0.3, -0.25) is 4.79 Å². The molecule has 124 valence electrons. The van der Waals surface area contributed by atoms with E-state index in [9.17, 15) is 18.0 Å². The summed E-state index contributed by atoms with van der Waals surface area (Å²) < 4.78 is 45.3. The Morgan fingerprint density at radius 3 is 2.77 bits per heavy atom. The number of pyridine rings is 1. The molecule has 0 aliphatic rings. The molecule has 1 amide bonds. The molecule has 0 bridgehead atoms. The Bertz CT molecular complexity index is 481. The topological polar surface area (TPSA) is 63.7 Å². The van der Waals surface area contributed by atoms with Gasteiger partial charge in [-0.05, 0) is 20.2 Å². The number of aromatic nitrogens is 1. The van der Waals surface area contributed by atoms with Crippen LogP contribution < -0.4 is 10.1 Å². The van der Waals surface area contributed by atoms with E-state index >= 15 is 0 Å². The Hall–Kier alpha value is -1.87. The maximum Gasteiger partial charge on any atom is 0.411 e. The van der Waals surface area contributed by atoms with Crippen molar-refractivity contribution < 1.29 is 27.4 Å². The van der Waals surface area contributed by atoms with Gasteiger partial charge >= 0.3 is 6.18 Å². The molecule has 0 aliphatic heterocycles. The van der Waals surface area contributed by atoms with E-state index in [2.05, 4.69) is 15.0 Å². The molecule has 0 radical (unpaired) electrons. The predicted molar refractivity (Wildman–Crippen MR) is 73.8 cm³/mol. The Morgan fingerprint density at radius 2 is 2.14 bits per heavy atom. The number of nitrogens with one attached hydrogen (secondary N) is 1. The summed E-state index contributed by atoms with van der Waals surface area (Å²) in [6, 6.07) is 2.98. The minimum atomic E-state index is -4.45. The molecule has 1 rings (SSSR count). The smallest absolute Gasteiger partial charge is 0.411 e. The van der Waals surface area contributed by atoms with E-state index in [4.69, 9.17) is 4.74 Å². The van der Waals surface area contributed by atoms with E-state index in [1.807, 2.05) is 19.0 Å². The molecule has 0 atom stereocenters. The molecular formula is C13H18F3N3O3. The number of carbonyl (C=O) groups is 1. The molecule has 1 aromatic heterocycles. The second-order valence-corrected chi connectivity index (χ2v) is 4.69. The molecule has 0 spiro atoms. The summed E-state index contributed by atoms with van der Waals surface area (Å²) in [4.78, 5) is 17.3. The van der Waals surface area contributed by atoms with Gasteiger partial charge in [0.05, 0.1) is 0 Å². The standard InChI is InChI=1S/C13H18F3N3O3/c1-19(2)5-6-22-12-7-10(3-4-17-12)18-11(20)8-21-9-13(14,15)16/h3-4,7H,5-6,8-9H2,1-2H3,(H,17,18,20). The molecule has 0 aromatic carbocycles. The lowest BCUT2D eigenvalue weighted by atomic mass is 10.4. The Labute approximate surface area is 126 Å². The monoisotopic (exact) mass is 321 g/mol. The average molecular weight is 321 g/mol. The Morgan fingerprint density at radius 1 is 1.41 bits per heavy atom. The van der Waals surface area contributed by atoms with E-state index in [1.165, 1.54) is 18.3 Å². The summed E-state index contributed by atoms with van der Waals surface area (Å²) in [7, 11) is 3.79. The number of carbonyl (C=O) groups excluding carboxylic acids is 1. The van der Waals surface area contributed by atoms with Crippen LogP contribution in [0.1, 0.15) is 0 Å². The van der Waals surface area contributed by atoms with Crippen LogP contribution in [0, 0.1) is 0 Å². The van der Waals surface area contributed by atoms with Crippen LogP contribution in [-0.2, 0) is 9.53 Å². The van der Waals surface area contributed by atoms with Crippen molar-refractivity contribution in [3.8, 4) is 5.88 Å². The van der Waals surface area contributed by atoms with Crippen LogP contribution in [0.4, 0.5) is 18.9 Å². The summed E-state index contributed by atoms with van der Waals surface area (Å²) in [6.45, 7) is -1.02. The highest BCUT2D eigenvalue weighted by atomic mass is 19.4. The first-order valence-corrected chi connectivity index (χ1v) is 6.44. The molecule has 0 aliphatic carbocycles. The van der Waals surface area contributed by atoms with Crippen LogP contribution in [0.2, 0.25) is 0 Å². The lowest BCUT2D eigenvalue weighted by molar-refractivity contribution is -0.174. The molecule has 0 saturated carbocycles. The molecule has 0 unspecified atom stereocenters. The lowest BCUT2D eigenvalue weighted by Gasteiger charge is -2.11.